The summed E-state index contributed by atoms with van der Waals surface area (Å²) in [5.41, 5.74) is 0. The van der Waals surface area contributed by atoms with E-state index >= 15 is 0 Å². The van der Waals surface area contributed by atoms with E-state index in [2.05, 4.69) is 10.3 Å². The van der Waals surface area contributed by atoms with Crippen molar-refractivity contribution in [3.63, 3.8) is 0 Å². The third-order valence-electron chi connectivity index (χ3n) is 4.08. The molecular formula is C20H33FN4O2. The molecule has 0 unspecified atom stereocenters. The average Bonchev–Trinajstić information content (AvgIpc) is 2.66. The number of aliphatic imine (C=N–C) groups is 1. The fourth-order valence-corrected chi connectivity index (χ4v) is 2.54. The number of nitrogens with one attached hydrogen (secondary N) is 1. The number of carbonyl (C=O) groups is 1. The lowest BCUT2D eigenvalue weighted by Crippen LogP contribution is -2.45. The second-order valence-corrected chi connectivity index (χ2v) is 6.17. The molecule has 1 rings (SSSR count). The first-order chi connectivity index (χ1) is 13.0. The summed E-state index contributed by atoms with van der Waals surface area (Å²) in [5.74, 6) is 1.23. The van der Waals surface area contributed by atoms with Crippen molar-refractivity contribution in [2.75, 3.05) is 46.4 Å². The highest BCUT2D eigenvalue weighted by atomic mass is 19.1. The number of halogens is 1. The summed E-state index contributed by atoms with van der Waals surface area (Å²) >= 11 is 0. The molecule has 0 aliphatic rings. The van der Waals surface area contributed by atoms with Crippen LogP contribution in [-0.2, 0) is 4.79 Å². The molecule has 0 spiro atoms. The van der Waals surface area contributed by atoms with Crippen LogP contribution in [0.1, 0.15) is 33.6 Å². The van der Waals surface area contributed by atoms with Crippen LogP contribution in [0.2, 0.25) is 0 Å². The molecule has 0 atom stereocenters. The molecule has 7 heteroatoms. The Morgan fingerprint density at radius 3 is 2.41 bits per heavy atom. The van der Waals surface area contributed by atoms with E-state index in [0.717, 1.165) is 25.3 Å². The normalized spacial score (nSPS) is 11.2. The van der Waals surface area contributed by atoms with Crippen molar-refractivity contribution in [3.05, 3.63) is 30.1 Å². The largest absolute Gasteiger partial charge is 0.494 e. The average molecular weight is 381 g/mol. The number of nitrogens with zero attached hydrogens (tertiary/aromatic N) is 3. The van der Waals surface area contributed by atoms with Gasteiger partial charge in [-0.15, -0.1) is 0 Å². The maximum absolute atomic E-state index is 12.8. The van der Waals surface area contributed by atoms with Crippen LogP contribution in [0.4, 0.5) is 4.39 Å². The van der Waals surface area contributed by atoms with E-state index in [9.17, 15) is 9.18 Å². The fourth-order valence-electron chi connectivity index (χ4n) is 2.54. The third kappa shape index (κ3) is 8.75. The third-order valence-corrected chi connectivity index (χ3v) is 4.08. The Morgan fingerprint density at radius 1 is 1.15 bits per heavy atom. The zero-order valence-electron chi connectivity index (χ0n) is 17.0. The van der Waals surface area contributed by atoms with Gasteiger partial charge in [-0.1, -0.05) is 0 Å². The van der Waals surface area contributed by atoms with Gasteiger partial charge in [0, 0.05) is 33.2 Å². The highest BCUT2D eigenvalue weighted by Crippen LogP contribution is 2.11. The van der Waals surface area contributed by atoms with Gasteiger partial charge in [0.15, 0.2) is 5.96 Å². The summed E-state index contributed by atoms with van der Waals surface area (Å²) in [6.45, 7) is 9.66. The molecular weight excluding hydrogens is 347 g/mol. The maximum atomic E-state index is 12.8. The number of ether oxygens (including phenoxy) is 1. The van der Waals surface area contributed by atoms with Crippen LogP contribution >= 0.6 is 0 Å². The SMILES string of the molecule is CCNC(=NCCCCOc1ccc(F)cc1)N(C)CC(=O)N(CC)CC. The lowest BCUT2D eigenvalue weighted by molar-refractivity contribution is -0.131. The van der Waals surface area contributed by atoms with Crippen molar-refractivity contribution in [1.82, 2.24) is 15.1 Å². The van der Waals surface area contributed by atoms with Gasteiger partial charge >= 0.3 is 0 Å². The summed E-state index contributed by atoms with van der Waals surface area (Å²) in [4.78, 5) is 20.5. The number of unbranched alkanes of at least 4 members (excludes halogenated alkanes) is 1. The number of guanidine groups is 1. The molecule has 0 heterocycles. The van der Waals surface area contributed by atoms with Crippen LogP contribution < -0.4 is 10.1 Å². The highest BCUT2D eigenvalue weighted by Gasteiger charge is 2.14. The van der Waals surface area contributed by atoms with Crippen LogP contribution in [0, 0.1) is 5.82 Å². The van der Waals surface area contributed by atoms with E-state index in [4.69, 9.17) is 4.74 Å². The number of carbonyl (C=O) groups excluding carboxylic acids is 1. The summed E-state index contributed by atoms with van der Waals surface area (Å²) in [7, 11) is 1.88. The molecule has 1 aromatic carbocycles. The van der Waals surface area contributed by atoms with Crippen LogP contribution in [0.15, 0.2) is 29.3 Å². The zero-order valence-corrected chi connectivity index (χ0v) is 17.0. The van der Waals surface area contributed by atoms with Crippen molar-refractivity contribution in [2.45, 2.75) is 33.6 Å². The predicted octanol–water partition coefficient (Wildman–Crippen LogP) is 2.75. The van der Waals surface area contributed by atoms with E-state index in [1.165, 1.54) is 12.1 Å². The van der Waals surface area contributed by atoms with Gasteiger partial charge in [0.05, 0.1) is 13.2 Å². The minimum absolute atomic E-state index is 0.0980. The Hall–Kier alpha value is -2.31. The molecule has 1 aromatic rings. The van der Waals surface area contributed by atoms with Crippen molar-refractivity contribution in [3.8, 4) is 5.75 Å². The summed E-state index contributed by atoms with van der Waals surface area (Å²) in [6, 6.07) is 6.02. The summed E-state index contributed by atoms with van der Waals surface area (Å²) < 4.78 is 18.4. The minimum atomic E-state index is -0.267. The molecule has 1 N–H and O–H groups in total. The summed E-state index contributed by atoms with van der Waals surface area (Å²) in [5, 5.41) is 3.22. The van der Waals surface area contributed by atoms with Gasteiger partial charge in [-0.25, -0.2) is 4.39 Å². The molecule has 6 nitrogen and oxygen atoms in total. The highest BCUT2D eigenvalue weighted by molar-refractivity contribution is 5.86. The lowest BCUT2D eigenvalue weighted by Gasteiger charge is -2.25. The number of hydrogen-bond acceptors (Lipinski definition) is 3. The first kappa shape index (κ1) is 22.7. The molecule has 0 aliphatic heterocycles. The number of hydrogen-bond donors (Lipinski definition) is 1. The van der Waals surface area contributed by atoms with E-state index in [1.54, 1.807) is 12.1 Å². The molecule has 0 aliphatic carbocycles. The smallest absolute Gasteiger partial charge is 0.242 e. The Bertz CT molecular complexity index is 574. The van der Waals surface area contributed by atoms with Crippen LogP contribution in [-0.4, -0.2) is 68.0 Å². The van der Waals surface area contributed by atoms with Gasteiger partial charge in [0.1, 0.15) is 11.6 Å². The van der Waals surface area contributed by atoms with Gasteiger partial charge in [-0.05, 0) is 57.9 Å². The number of likely N-dealkylation sites (N-methyl/N-ethyl adjacent to an activating group) is 2. The number of amides is 1. The molecule has 0 bridgehead atoms. The van der Waals surface area contributed by atoms with Gasteiger partial charge in [-0.2, -0.15) is 0 Å². The lowest BCUT2D eigenvalue weighted by atomic mass is 10.3. The Labute approximate surface area is 162 Å². The first-order valence-electron chi connectivity index (χ1n) is 9.67. The Morgan fingerprint density at radius 2 is 1.81 bits per heavy atom. The topological polar surface area (TPSA) is 57.2 Å². The van der Waals surface area contributed by atoms with E-state index in [0.29, 0.717) is 38.5 Å². The molecule has 0 radical (unpaired) electrons. The Kier molecular flexibility index (Phi) is 10.9. The van der Waals surface area contributed by atoms with Crippen LogP contribution in [0.5, 0.6) is 5.75 Å². The van der Waals surface area contributed by atoms with E-state index < -0.39 is 0 Å². The van der Waals surface area contributed by atoms with Gasteiger partial charge in [0.25, 0.3) is 0 Å². The molecule has 0 saturated heterocycles. The van der Waals surface area contributed by atoms with E-state index in [-0.39, 0.29) is 11.7 Å². The fraction of sp³-hybridized carbons (Fsp3) is 0.600. The van der Waals surface area contributed by atoms with Crippen molar-refractivity contribution < 1.29 is 13.9 Å². The quantitative estimate of drug-likeness (QED) is 0.364. The second-order valence-electron chi connectivity index (χ2n) is 6.17. The molecule has 0 aromatic heterocycles. The monoisotopic (exact) mass is 380 g/mol. The first-order valence-corrected chi connectivity index (χ1v) is 9.67. The minimum Gasteiger partial charge on any atom is -0.494 e. The van der Waals surface area contributed by atoms with Gasteiger partial charge in [-0.3, -0.25) is 9.79 Å². The van der Waals surface area contributed by atoms with Gasteiger partial charge < -0.3 is 19.9 Å². The standard InChI is InChI=1S/C20H33FN4O2/c1-5-22-20(24(4)16-19(26)25(6-2)7-3)23-14-8-9-15-27-18-12-10-17(21)11-13-18/h10-13H,5-9,14-16H2,1-4H3,(H,22,23). The van der Waals surface area contributed by atoms with Crippen molar-refractivity contribution >= 4 is 11.9 Å². The van der Waals surface area contributed by atoms with Crippen LogP contribution in [0.3, 0.4) is 0 Å². The molecule has 0 fully saturated rings. The Balaban J connectivity index is 2.39. The molecule has 152 valence electrons. The number of rotatable bonds is 11. The molecule has 1 amide bonds. The second kappa shape index (κ2) is 12.9. The van der Waals surface area contributed by atoms with Crippen LogP contribution in [0.25, 0.3) is 0 Å². The maximum Gasteiger partial charge on any atom is 0.242 e. The number of benzene rings is 1. The van der Waals surface area contributed by atoms with Crippen molar-refractivity contribution in [2.24, 2.45) is 4.99 Å². The molecule has 27 heavy (non-hydrogen) atoms. The predicted molar refractivity (Wildman–Crippen MR) is 108 cm³/mol. The van der Waals surface area contributed by atoms with E-state index in [1.807, 2.05) is 37.6 Å². The molecule has 0 saturated carbocycles. The van der Waals surface area contributed by atoms with Crippen molar-refractivity contribution in [1.29, 1.82) is 0 Å². The summed E-state index contributed by atoms with van der Waals surface area (Å²) in [6.07, 6.45) is 1.72. The van der Waals surface area contributed by atoms with Gasteiger partial charge in [0.2, 0.25) is 5.91 Å². The zero-order chi connectivity index (χ0) is 20.1.